The van der Waals surface area contributed by atoms with E-state index in [1.54, 1.807) is 0 Å². The molecule has 9 nitrogen and oxygen atoms in total. The number of likely N-dealkylation sites (N-methyl/N-ethyl adjacent to an activating group) is 1. The lowest BCUT2D eigenvalue weighted by molar-refractivity contribution is -0.132. The molecule has 5 rings (SSSR count). The van der Waals surface area contributed by atoms with E-state index in [-0.39, 0.29) is 41.4 Å². The largest absolute Gasteiger partial charge is 0.353 e. The monoisotopic (exact) mass is 635 g/mol. The maximum Gasteiger partial charge on any atom is 0.245 e. The number of nitrogens with one attached hydrogen (secondary N) is 2. The van der Waals surface area contributed by atoms with Gasteiger partial charge in [-0.3, -0.25) is 14.5 Å². The molecule has 0 spiro atoms. The van der Waals surface area contributed by atoms with Gasteiger partial charge in [0.2, 0.25) is 21.8 Å². The molecule has 1 saturated carbocycles. The van der Waals surface area contributed by atoms with Crippen molar-refractivity contribution in [3.05, 3.63) is 64.1 Å². The summed E-state index contributed by atoms with van der Waals surface area (Å²) >= 11 is 12.2. The van der Waals surface area contributed by atoms with Gasteiger partial charge in [-0.15, -0.1) is 0 Å². The van der Waals surface area contributed by atoms with Crippen LogP contribution in [0.3, 0.4) is 0 Å². The fraction of sp³-hybridized carbons (Fsp3) is 0.533. The van der Waals surface area contributed by atoms with E-state index in [1.165, 1.54) is 23.8 Å². The number of piperazine rings is 2. The first-order valence-corrected chi connectivity index (χ1v) is 16.8. The Hall–Kier alpha value is -2.21. The van der Waals surface area contributed by atoms with Gasteiger partial charge in [-0.1, -0.05) is 53.5 Å². The molecule has 2 aromatic carbocycles. The van der Waals surface area contributed by atoms with Gasteiger partial charge < -0.3 is 15.5 Å². The van der Waals surface area contributed by atoms with Crippen molar-refractivity contribution < 1.29 is 18.0 Å². The third-order valence-electron chi connectivity index (χ3n) is 8.80. The van der Waals surface area contributed by atoms with Gasteiger partial charge in [0.05, 0.1) is 11.4 Å². The Labute approximate surface area is 258 Å². The van der Waals surface area contributed by atoms with Crippen molar-refractivity contribution in [2.45, 2.75) is 55.1 Å². The first kappa shape index (κ1) is 31.2. The lowest BCUT2D eigenvalue weighted by atomic mass is 9.78. The molecule has 0 radical (unpaired) electrons. The highest BCUT2D eigenvalue weighted by Crippen LogP contribution is 2.39. The molecule has 42 heavy (non-hydrogen) atoms. The summed E-state index contributed by atoms with van der Waals surface area (Å²) in [6, 6.07) is 14.0. The van der Waals surface area contributed by atoms with E-state index in [4.69, 9.17) is 23.2 Å². The highest BCUT2D eigenvalue weighted by molar-refractivity contribution is 7.89. The van der Waals surface area contributed by atoms with Crippen molar-refractivity contribution in [3.63, 3.8) is 0 Å². The Morgan fingerprint density at radius 3 is 2.36 bits per heavy atom. The maximum absolute atomic E-state index is 13.5. The van der Waals surface area contributed by atoms with E-state index < -0.39 is 22.0 Å². The van der Waals surface area contributed by atoms with Crippen LogP contribution in [0.2, 0.25) is 10.0 Å². The maximum atomic E-state index is 13.5. The van der Waals surface area contributed by atoms with Gasteiger partial charge in [0, 0.05) is 56.4 Å². The van der Waals surface area contributed by atoms with Crippen LogP contribution in [0.15, 0.2) is 53.4 Å². The van der Waals surface area contributed by atoms with Crippen LogP contribution < -0.4 is 10.6 Å². The molecule has 3 aliphatic rings. The molecule has 12 heteroatoms. The molecule has 1 aliphatic carbocycles. The van der Waals surface area contributed by atoms with Gasteiger partial charge in [-0.2, -0.15) is 4.31 Å². The molecule has 2 heterocycles. The molecule has 2 atom stereocenters. The van der Waals surface area contributed by atoms with Gasteiger partial charge in [0.25, 0.3) is 0 Å². The lowest BCUT2D eigenvalue weighted by Gasteiger charge is -2.44. The Balaban J connectivity index is 1.22. The number of carbonyl (C=O) groups is 2. The van der Waals surface area contributed by atoms with E-state index >= 15 is 0 Å². The molecule has 3 fully saturated rings. The zero-order valence-electron chi connectivity index (χ0n) is 23.8. The highest BCUT2D eigenvalue weighted by Gasteiger charge is 2.41. The van der Waals surface area contributed by atoms with Crippen molar-refractivity contribution in [3.8, 4) is 0 Å². The van der Waals surface area contributed by atoms with Crippen LogP contribution in [-0.4, -0.2) is 92.7 Å². The quantitative estimate of drug-likeness (QED) is 0.460. The molecule has 2 aromatic rings. The summed E-state index contributed by atoms with van der Waals surface area (Å²) in [7, 11) is -1.97. The first-order valence-electron chi connectivity index (χ1n) is 14.6. The number of amides is 2. The van der Waals surface area contributed by atoms with Crippen LogP contribution in [0.5, 0.6) is 0 Å². The van der Waals surface area contributed by atoms with Gasteiger partial charge in [-0.25, -0.2) is 8.42 Å². The standard InChI is InChI=1S/C30H39Cl2N5O4S/c1-35-15-17-36(18-16-35)29(21-5-3-2-4-6-21)22-7-10-24(11-8-22)34-28(38)20-26-30(39)33-13-14-37(26)42(40,41)27-12-9-23(31)19-25(27)32/h2-6,9,12,19,22,24,26,29H,7-8,10-11,13-18,20H2,1H3,(H,33,39)(H,34,38). The number of nitrogens with zero attached hydrogens (tertiary/aromatic N) is 3. The number of benzene rings is 2. The van der Waals surface area contributed by atoms with E-state index in [2.05, 4.69) is 57.8 Å². The Bertz CT molecular complexity index is 1360. The van der Waals surface area contributed by atoms with Gasteiger partial charge in [0.15, 0.2) is 0 Å². The number of sulfonamides is 1. The van der Waals surface area contributed by atoms with Gasteiger partial charge in [0.1, 0.15) is 10.9 Å². The van der Waals surface area contributed by atoms with E-state index in [1.807, 2.05) is 0 Å². The van der Waals surface area contributed by atoms with Crippen molar-refractivity contribution in [1.29, 1.82) is 0 Å². The van der Waals surface area contributed by atoms with Crippen LogP contribution in [0.4, 0.5) is 0 Å². The van der Waals surface area contributed by atoms with Crippen LogP contribution in [0.25, 0.3) is 0 Å². The van der Waals surface area contributed by atoms with Gasteiger partial charge >= 0.3 is 0 Å². The third kappa shape index (κ3) is 7.11. The number of hydrogen-bond donors (Lipinski definition) is 2. The van der Waals surface area contributed by atoms with Crippen LogP contribution in [-0.2, 0) is 19.6 Å². The summed E-state index contributed by atoms with van der Waals surface area (Å²) in [5.74, 6) is -0.342. The molecule has 2 aliphatic heterocycles. The molecule has 2 saturated heterocycles. The van der Waals surface area contributed by atoms with Crippen LogP contribution >= 0.6 is 23.2 Å². The zero-order valence-corrected chi connectivity index (χ0v) is 26.2. The van der Waals surface area contributed by atoms with Crippen molar-refractivity contribution in [2.24, 2.45) is 5.92 Å². The predicted molar refractivity (Wildman–Crippen MR) is 164 cm³/mol. The SMILES string of the molecule is CN1CCN(C(c2ccccc2)C2CCC(NC(=O)CC3C(=O)NCCN3S(=O)(=O)c3ccc(Cl)cc3Cl)CC2)CC1. The molecular formula is C30H39Cl2N5O4S. The number of hydrogen-bond acceptors (Lipinski definition) is 6. The normalized spacial score (nSPS) is 25.5. The van der Waals surface area contributed by atoms with Crippen LogP contribution in [0.1, 0.15) is 43.7 Å². The minimum Gasteiger partial charge on any atom is -0.353 e. The topological polar surface area (TPSA) is 102 Å². The lowest BCUT2D eigenvalue weighted by Crippen LogP contribution is -2.58. The second-order valence-electron chi connectivity index (χ2n) is 11.6. The average Bonchev–Trinajstić information content (AvgIpc) is 2.96. The van der Waals surface area contributed by atoms with Crippen LogP contribution in [0, 0.1) is 5.92 Å². The van der Waals surface area contributed by atoms with Crippen molar-refractivity contribution in [1.82, 2.24) is 24.7 Å². The van der Waals surface area contributed by atoms with Gasteiger partial charge in [-0.05, 0) is 62.4 Å². The molecule has 2 unspecified atom stereocenters. The molecular weight excluding hydrogens is 597 g/mol. The summed E-state index contributed by atoms with van der Waals surface area (Å²) in [5.41, 5.74) is 1.35. The van der Waals surface area contributed by atoms with E-state index in [9.17, 15) is 18.0 Å². The number of halogens is 2. The molecule has 0 aromatic heterocycles. The predicted octanol–water partition coefficient (Wildman–Crippen LogP) is 3.54. The third-order valence-corrected chi connectivity index (χ3v) is 11.4. The fourth-order valence-corrected chi connectivity index (χ4v) is 8.90. The Kier molecular flexibility index (Phi) is 10.1. The minimum absolute atomic E-state index is 0.0138. The molecule has 228 valence electrons. The highest BCUT2D eigenvalue weighted by atomic mass is 35.5. The number of carbonyl (C=O) groups excluding carboxylic acids is 2. The summed E-state index contributed by atoms with van der Waals surface area (Å²) in [5, 5.41) is 6.07. The zero-order chi connectivity index (χ0) is 29.9. The molecule has 0 bridgehead atoms. The first-order chi connectivity index (χ1) is 20.1. The Morgan fingerprint density at radius 1 is 1.00 bits per heavy atom. The van der Waals surface area contributed by atoms with Crippen molar-refractivity contribution in [2.75, 3.05) is 46.3 Å². The van der Waals surface area contributed by atoms with E-state index in [0.717, 1.165) is 56.2 Å². The smallest absolute Gasteiger partial charge is 0.245 e. The summed E-state index contributed by atoms with van der Waals surface area (Å²) in [4.78, 5) is 30.8. The summed E-state index contributed by atoms with van der Waals surface area (Å²) < 4.78 is 28.1. The average molecular weight is 637 g/mol. The summed E-state index contributed by atoms with van der Waals surface area (Å²) in [6.45, 7) is 4.39. The summed E-state index contributed by atoms with van der Waals surface area (Å²) in [6.07, 6.45) is 3.39. The number of rotatable bonds is 8. The minimum atomic E-state index is -4.13. The van der Waals surface area contributed by atoms with E-state index in [0.29, 0.717) is 17.0 Å². The fourth-order valence-electron chi connectivity index (χ4n) is 6.56. The second kappa shape index (κ2) is 13.6. The Morgan fingerprint density at radius 2 is 1.69 bits per heavy atom. The van der Waals surface area contributed by atoms with Crippen molar-refractivity contribution >= 4 is 45.0 Å². The molecule has 2 amide bonds. The molecule has 2 N–H and O–H groups in total. The second-order valence-corrected chi connectivity index (χ2v) is 14.3.